The van der Waals surface area contributed by atoms with E-state index in [-0.39, 0.29) is 0 Å². The van der Waals surface area contributed by atoms with E-state index in [4.69, 9.17) is 0 Å². The second-order valence-corrected chi connectivity index (χ2v) is 6.74. The topological polar surface area (TPSA) is 37.8 Å². The Labute approximate surface area is 115 Å². The van der Waals surface area contributed by atoms with Crippen molar-refractivity contribution in [3.05, 3.63) is 22.0 Å². The molecule has 3 nitrogen and oxygen atoms in total. The van der Waals surface area contributed by atoms with Crippen molar-refractivity contribution in [2.75, 3.05) is 6.54 Å². The van der Waals surface area contributed by atoms with Crippen LogP contribution >= 0.6 is 22.7 Å². The van der Waals surface area contributed by atoms with Gasteiger partial charge in [-0.25, -0.2) is 0 Å². The van der Waals surface area contributed by atoms with E-state index in [0.29, 0.717) is 0 Å². The predicted octanol–water partition coefficient (Wildman–Crippen LogP) is 3.26. The summed E-state index contributed by atoms with van der Waals surface area (Å²) in [4.78, 5) is 1.27. The third-order valence-electron chi connectivity index (χ3n) is 3.10. The molecule has 18 heavy (non-hydrogen) atoms. The van der Waals surface area contributed by atoms with Crippen LogP contribution in [0, 0.1) is 6.92 Å². The molecule has 0 bridgehead atoms. The molecule has 0 atom stereocenters. The Kier molecular flexibility index (Phi) is 3.72. The molecule has 0 spiro atoms. The summed E-state index contributed by atoms with van der Waals surface area (Å²) in [5.41, 5.74) is 1.30. The van der Waals surface area contributed by atoms with Crippen LogP contribution in [0.25, 0.3) is 9.88 Å². The van der Waals surface area contributed by atoms with Gasteiger partial charge in [-0.3, -0.25) is 0 Å². The third-order valence-corrected chi connectivity index (χ3v) is 5.25. The van der Waals surface area contributed by atoms with Gasteiger partial charge in [-0.2, -0.15) is 0 Å². The first-order chi connectivity index (χ1) is 8.83. The van der Waals surface area contributed by atoms with Gasteiger partial charge in [-0.1, -0.05) is 11.3 Å². The Bertz CT molecular complexity index is 514. The van der Waals surface area contributed by atoms with Crippen LogP contribution in [0.5, 0.6) is 0 Å². The first kappa shape index (κ1) is 12.3. The highest BCUT2D eigenvalue weighted by Gasteiger charge is 2.19. The summed E-state index contributed by atoms with van der Waals surface area (Å²) in [5, 5.41) is 16.5. The van der Waals surface area contributed by atoms with E-state index in [9.17, 15) is 0 Å². The van der Waals surface area contributed by atoms with Crippen LogP contribution in [-0.4, -0.2) is 22.8 Å². The van der Waals surface area contributed by atoms with Gasteiger partial charge in [-0.05, 0) is 49.7 Å². The molecule has 0 amide bonds. The number of thiophene rings is 1. The lowest BCUT2D eigenvalue weighted by atomic mass is 10.3. The van der Waals surface area contributed by atoms with E-state index in [0.717, 1.165) is 35.4 Å². The van der Waals surface area contributed by atoms with Gasteiger partial charge in [0.25, 0.3) is 0 Å². The van der Waals surface area contributed by atoms with Crippen LogP contribution in [0.15, 0.2) is 11.4 Å². The van der Waals surface area contributed by atoms with Gasteiger partial charge in [0, 0.05) is 12.5 Å². The molecule has 2 aromatic heterocycles. The Hall–Kier alpha value is -0.780. The summed E-state index contributed by atoms with van der Waals surface area (Å²) < 4.78 is 0. The Morgan fingerprint density at radius 1 is 1.39 bits per heavy atom. The van der Waals surface area contributed by atoms with Gasteiger partial charge in [0.2, 0.25) is 0 Å². The summed E-state index contributed by atoms with van der Waals surface area (Å²) in [5.74, 6) is 0. The fraction of sp³-hybridized carbons (Fsp3) is 0.538. The summed E-state index contributed by atoms with van der Waals surface area (Å²) >= 11 is 3.49. The Morgan fingerprint density at radius 3 is 3.00 bits per heavy atom. The molecule has 1 aliphatic rings. The summed E-state index contributed by atoms with van der Waals surface area (Å²) in [6.45, 7) is 3.24. The zero-order valence-electron chi connectivity index (χ0n) is 10.5. The monoisotopic (exact) mass is 279 g/mol. The molecular weight excluding hydrogens is 262 g/mol. The Balaban J connectivity index is 1.54. The van der Waals surface area contributed by atoms with Crippen molar-refractivity contribution in [2.24, 2.45) is 0 Å². The minimum absolute atomic E-state index is 0.809. The van der Waals surface area contributed by atoms with Crippen molar-refractivity contribution >= 4 is 22.7 Å². The molecule has 1 fully saturated rings. The molecule has 1 N–H and O–H groups in total. The molecule has 2 aromatic rings. The minimum atomic E-state index is 0.809. The second-order valence-electron chi connectivity index (χ2n) is 4.77. The lowest BCUT2D eigenvalue weighted by Crippen LogP contribution is -2.17. The molecule has 0 unspecified atom stereocenters. The zero-order valence-corrected chi connectivity index (χ0v) is 12.1. The third kappa shape index (κ3) is 2.96. The quantitative estimate of drug-likeness (QED) is 0.825. The van der Waals surface area contributed by atoms with Crippen molar-refractivity contribution in [1.82, 2.24) is 15.5 Å². The average molecular weight is 279 g/mol. The number of hydrogen-bond acceptors (Lipinski definition) is 5. The van der Waals surface area contributed by atoms with E-state index in [2.05, 4.69) is 33.9 Å². The van der Waals surface area contributed by atoms with Gasteiger partial charge in [0.05, 0.1) is 4.88 Å². The standard InChI is InChI=1S/C13H17N3S2/c1-9-6-8-17-12(9)13-16-15-11(18-13)3-2-7-14-10-4-5-10/h6,8,10,14H,2-5,7H2,1H3. The Morgan fingerprint density at radius 2 is 2.28 bits per heavy atom. The molecule has 0 saturated heterocycles. The van der Waals surface area contributed by atoms with E-state index < -0.39 is 0 Å². The first-order valence-electron chi connectivity index (χ1n) is 6.43. The fourth-order valence-corrected chi connectivity index (χ4v) is 3.83. The number of hydrogen-bond donors (Lipinski definition) is 1. The minimum Gasteiger partial charge on any atom is -0.314 e. The number of aromatic nitrogens is 2. The molecule has 5 heteroatoms. The van der Waals surface area contributed by atoms with Gasteiger partial charge in [-0.15, -0.1) is 21.5 Å². The molecule has 1 aliphatic carbocycles. The van der Waals surface area contributed by atoms with Gasteiger partial charge in [0.15, 0.2) is 5.01 Å². The van der Waals surface area contributed by atoms with Crippen molar-refractivity contribution in [1.29, 1.82) is 0 Å². The highest BCUT2D eigenvalue weighted by molar-refractivity contribution is 7.20. The summed E-state index contributed by atoms with van der Waals surface area (Å²) in [6.07, 6.45) is 4.93. The summed E-state index contributed by atoms with van der Waals surface area (Å²) in [7, 11) is 0. The maximum atomic E-state index is 4.30. The predicted molar refractivity (Wildman–Crippen MR) is 77.3 cm³/mol. The molecule has 1 saturated carbocycles. The van der Waals surface area contributed by atoms with Crippen LogP contribution in [0.2, 0.25) is 0 Å². The smallest absolute Gasteiger partial charge is 0.158 e. The molecule has 0 radical (unpaired) electrons. The molecule has 2 heterocycles. The number of nitrogens with zero attached hydrogens (tertiary/aromatic N) is 2. The molecule has 0 aromatic carbocycles. The maximum absolute atomic E-state index is 4.30. The average Bonchev–Trinajstić information content (AvgIpc) is 2.90. The van der Waals surface area contributed by atoms with Gasteiger partial charge < -0.3 is 5.32 Å². The second kappa shape index (κ2) is 5.47. The van der Waals surface area contributed by atoms with Crippen LogP contribution in [0.1, 0.15) is 29.8 Å². The van der Waals surface area contributed by atoms with Crippen molar-refractivity contribution in [2.45, 2.75) is 38.6 Å². The van der Waals surface area contributed by atoms with Crippen LogP contribution in [0.3, 0.4) is 0 Å². The highest BCUT2D eigenvalue weighted by Crippen LogP contribution is 2.31. The van der Waals surface area contributed by atoms with E-state index in [1.54, 1.807) is 22.7 Å². The van der Waals surface area contributed by atoms with Crippen LogP contribution in [-0.2, 0) is 6.42 Å². The van der Waals surface area contributed by atoms with E-state index in [1.807, 2.05) is 0 Å². The number of aryl methyl sites for hydroxylation is 2. The fourth-order valence-electron chi connectivity index (χ4n) is 1.87. The number of nitrogens with one attached hydrogen (secondary N) is 1. The van der Waals surface area contributed by atoms with Crippen molar-refractivity contribution in [3.8, 4) is 9.88 Å². The molecule has 96 valence electrons. The lowest BCUT2D eigenvalue weighted by Gasteiger charge is -1.99. The SMILES string of the molecule is Cc1ccsc1-c1nnc(CCCNC2CC2)s1. The van der Waals surface area contributed by atoms with Crippen LogP contribution < -0.4 is 5.32 Å². The lowest BCUT2D eigenvalue weighted by molar-refractivity contribution is 0.643. The van der Waals surface area contributed by atoms with E-state index >= 15 is 0 Å². The van der Waals surface area contributed by atoms with Crippen molar-refractivity contribution < 1.29 is 0 Å². The first-order valence-corrected chi connectivity index (χ1v) is 8.13. The van der Waals surface area contributed by atoms with Crippen molar-refractivity contribution in [3.63, 3.8) is 0 Å². The van der Waals surface area contributed by atoms with Gasteiger partial charge in [0.1, 0.15) is 5.01 Å². The maximum Gasteiger partial charge on any atom is 0.158 e. The van der Waals surface area contributed by atoms with E-state index in [1.165, 1.54) is 23.3 Å². The number of rotatable bonds is 6. The molecular formula is C13H17N3S2. The van der Waals surface area contributed by atoms with Crippen LogP contribution in [0.4, 0.5) is 0 Å². The summed E-state index contributed by atoms with van der Waals surface area (Å²) in [6, 6.07) is 2.95. The van der Waals surface area contributed by atoms with Gasteiger partial charge >= 0.3 is 0 Å². The molecule has 3 rings (SSSR count). The molecule has 0 aliphatic heterocycles. The highest BCUT2D eigenvalue weighted by atomic mass is 32.1. The zero-order chi connectivity index (χ0) is 12.4. The normalized spacial score (nSPS) is 15.2. The largest absolute Gasteiger partial charge is 0.314 e.